The number of nitrogens with zero attached hydrogens (tertiary/aromatic N) is 5. The average molecular weight is 1380 g/mol. The fourth-order valence-corrected chi connectivity index (χ4v) is 12.7. The summed E-state index contributed by atoms with van der Waals surface area (Å²) >= 11 is 0. The second-order valence-electron chi connectivity index (χ2n) is 24.9. The van der Waals surface area contributed by atoms with Crippen molar-refractivity contribution in [2.75, 3.05) is 45.0 Å². The summed E-state index contributed by atoms with van der Waals surface area (Å²) in [6.07, 6.45) is 32.8. The second-order valence-corrected chi connectivity index (χ2v) is 29.1. The van der Waals surface area contributed by atoms with Gasteiger partial charge in [-0.15, -0.1) is 10.2 Å². The van der Waals surface area contributed by atoms with Gasteiger partial charge in [-0.05, 0) is 161 Å². The molecule has 0 aliphatic heterocycles. The minimum atomic E-state index is -5.20. The van der Waals surface area contributed by atoms with E-state index >= 15 is 0 Å². The number of phenolic OH excluding ortho intramolecular Hbond substituents is 1. The van der Waals surface area contributed by atoms with E-state index in [1.807, 2.05) is 0 Å². The number of unbranched alkanes of at least 4 members (excludes halogenated alkanes) is 6. The summed E-state index contributed by atoms with van der Waals surface area (Å²) in [6, 6.07) is 10.1. The number of non-ortho nitro benzene ring substituents is 1. The molecule has 0 aliphatic rings. The standard InChI is InChI=1S/C22H16N6O12S3.3C16H35N/c23-19-18-11(8-16(42(35,36)37)20(19)26-24-12-4-6-14(7-5-12)28(30)31)9-17(43(38,39)40)21(22(18)29)27-25-13-2-1-3-15(10-13)41(32,33)34;3*1-5-9-11-15(7-3)13-17-14-16(8-4)12-10-6-2/h1-10,29H,23H2,(H,32,33,34)(H,35,36,37)(H,38,39,40);3*15-17H,5-14H2,1-4H3. The number of nitro benzene ring substituents is 1. The number of benzene rings is 4. The van der Waals surface area contributed by atoms with Crippen LogP contribution in [-0.4, -0.2) is 88.2 Å². The number of azo groups is 2. The van der Waals surface area contributed by atoms with E-state index in [4.69, 9.17) is 5.73 Å². The Bertz CT molecular complexity index is 3020. The first-order chi connectivity index (χ1) is 44.7. The van der Waals surface area contributed by atoms with E-state index in [2.05, 4.69) is 119 Å². The smallest absolute Gasteiger partial charge is 0.296 e. The highest BCUT2D eigenvalue weighted by atomic mass is 32.2. The molecule has 0 heterocycles. The molecule has 24 heteroatoms. The van der Waals surface area contributed by atoms with Gasteiger partial charge in [-0.1, -0.05) is 205 Å². The zero-order chi connectivity index (χ0) is 70.7. The molecule has 0 bridgehead atoms. The van der Waals surface area contributed by atoms with Crippen LogP contribution in [-0.2, 0) is 30.4 Å². The number of hydrogen-bond donors (Lipinski definition) is 8. The van der Waals surface area contributed by atoms with Crippen LogP contribution in [0.25, 0.3) is 10.8 Å². The molecule has 0 saturated carbocycles. The fourth-order valence-electron chi connectivity index (χ4n) is 10.8. The summed E-state index contributed by atoms with van der Waals surface area (Å²) in [4.78, 5) is 7.51. The monoisotopic (exact) mass is 1380 g/mol. The maximum atomic E-state index is 12.2. The number of nitrogens with one attached hydrogen (secondary N) is 3. The topological polar surface area (TPSA) is 338 Å². The predicted molar refractivity (Wildman–Crippen MR) is 386 cm³/mol. The molecule has 6 atom stereocenters. The van der Waals surface area contributed by atoms with Crippen molar-refractivity contribution in [3.8, 4) is 5.75 Å². The molecule has 0 aromatic heterocycles. The van der Waals surface area contributed by atoms with Gasteiger partial charge in [0, 0.05) is 12.1 Å². The SMILES string of the molecule is CCCCC(CC)CNCC(CC)CCCC.CCCCC(CC)CNCC(CC)CCCC.CCCCC(CC)CNCC(CC)CCCC.Nc1c(N=Nc2ccc([N+](=O)[O-])cc2)c(S(=O)(=O)O)cc2cc(S(=O)(=O)O)c(N=Nc3cccc(S(=O)(=O)O)c3)c(O)c12. The third-order valence-corrected chi connectivity index (χ3v) is 20.0. The fraction of sp³-hybridized carbons (Fsp3) is 0.686. The highest BCUT2D eigenvalue weighted by Gasteiger charge is 2.28. The number of nitrogen functional groups attached to an aromatic ring is 1. The average Bonchev–Trinajstić information content (AvgIpc) is 0.745. The van der Waals surface area contributed by atoms with Gasteiger partial charge >= 0.3 is 0 Å². The minimum absolute atomic E-state index is 0.0149. The first kappa shape index (κ1) is 87.0. The minimum Gasteiger partial charge on any atom is -0.505 e. The van der Waals surface area contributed by atoms with Crippen LogP contribution in [0.3, 0.4) is 0 Å². The van der Waals surface area contributed by atoms with Crippen molar-refractivity contribution < 1.29 is 48.9 Å². The van der Waals surface area contributed by atoms with Crippen molar-refractivity contribution in [2.45, 2.75) is 252 Å². The molecule has 9 N–H and O–H groups in total. The van der Waals surface area contributed by atoms with Gasteiger partial charge in [0.2, 0.25) is 0 Å². The summed E-state index contributed by atoms with van der Waals surface area (Å²) in [5.41, 5.74) is 3.23. The molecular weight excluding hydrogens is 1260 g/mol. The van der Waals surface area contributed by atoms with Gasteiger partial charge in [0.05, 0.1) is 32.3 Å². The van der Waals surface area contributed by atoms with Crippen molar-refractivity contribution in [3.05, 3.63) is 70.8 Å². The van der Waals surface area contributed by atoms with Gasteiger partial charge < -0.3 is 26.8 Å². The Balaban J connectivity index is 0.000000717. The molecule has 21 nitrogen and oxygen atoms in total. The molecule has 4 rings (SSSR count). The molecule has 0 amide bonds. The van der Waals surface area contributed by atoms with Crippen molar-refractivity contribution in [2.24, 2.45) is 56.0 Å². The van der Waals surface area contributed by atoms with Gasteiger partial charge in [-0.25, -0.2) is 0 Å². The lowest BCUT2D eigenvalue weighted by Crippen LogP contribution is -2.28. The van der Waals surface area contributed by atoms with Crippen molar-refractivity contribution in [3.63, 3.8) is 0 Å². The molecule has 94 heavy (non-hydrogen) atoms. The summed E-state index contributed by atoms with van der Waals surface area (Å²) in [7, 11) is -15.0. The Morgan fingerprint density at radius 1 is 0.447 bits per heavy atom. The van der Waals surface area contributed by atoms with Crippen LogP contribution in [0.2, 0.25) is 0 Å². The Hall–Kier alpha value is -5.05. The zero-order valence-electron chi connectivity index (χ0n) is 59.0. The molecule has 6 unspecified atom stereocenters. The highest BCUT2D eigenvalue weighted by Crippen LogP contribution is 2.48. The molecular formula is C70H121N9O12S3. The van der Waals surface area contributed by atoms with E-state index in [0.717, 1.165) is 71.9 Å². The number of hydrogen-bond acceptors (Lipinski definition) is 17. The third kappa shape index (κ3) is 34.2. The van der Waals surface area contributed by atoms with Crippen molar-refractivity contribution >= 4 is 75.3 Å². The van der Waals surface area contributed by atoms with Crippen LogP contribution >= 0.6 is 0 Å². The largest absolute Gasteiger partial charge is 0.505 e. The highest BCUT2D eigenvalue weighted by molar-refractivity contribution is 7.86. The summed E-state index contributed by atoms with van der Waals surface area (Å²) in [5, 5.41) is 46.8. The number of nitro groups is 1. The van der Waals surface area contributed by atoms with Gasteiger partial charge in [-0.2, -0.15) is 35.5 Å². The number of fused-ring (bicyclic) bond motifs is 1. The Kier molecular flexibility index (Phi) is 45.0. The lowest BCUT2D eigenvalue weighted by atomic mass is 9.97. The van der Waals surface area contributed by atoms with E-state index in [0.29, 0.717) is 12.1 Å². The third-order valence-electron chi connectivity index (χ3n) is 17.4. The number of nitrogens with two attached hydrogens (primary N) is 1. The van der Waals surface area contributed by atoms with Gasteiger partial charge in [0.25, 0.3) is 36.0 Å². The number of anilines is 1. The molecule has 4 aromatic carbocycles. The van der Waals surface area contributed by atoms with E-state index < -0.39 is 83.5 Å². The Morgan fingerprint density at radius 2 is 0.766 bits per heavy atom. The summed E-state index contributed by atoms with van der Waals surface area (Å²) in [6.45, 7) is 35.1. The molecule has 0 spiro atoms. The van der Waals surface area contributed by atoms with Crippen molar-refractivity contribution in [1.29, 1.82) is 0 Å². The molecule has 0 saturated heterocycles. The van der Waals surface area contributed by atoms with E-state index in [-0.39, 0.29) is 17.1 Å². The van der Waals surface area contributed by atoms with Crippen molar-refractivity contribution in [1.82, 2.24) is 16.0 Å². The molecule has 0 fully saturated rings. The van der Waals surface area contributed by atoms with E-state index in [9.17, 15) is 54.1 Å². The lowest BCUT2D eigenvalue weighted by Gasteiger charge is -2.19. The van der Waals surface area contributed by atoms with Crippen LogP contribution in [0.5, 0.6) is 5.75 Å². The molecule has 0 radical (unpaired) electrons. The van der Waals surface area contributed by atoms with Crippen LogP contribution in [0.1, 0.15) is 237 Å². The first-order valence-corrected chi connectivity index (χ1v) is 39.4. The maximum absolute atomic E-state index is 12.2. The maximum Gasteiger partial charge on any atom is 0.296 e. The Labute approximate surface area is 566 Å². The van der Waals surface area contributed by atoms with Crippen LogP contribution < -0.4 is 21.7 Å². The number of aromatic hydroxyl groups is 1. The van der Waals surface area contributed by atoms with Gasteiger partial charge in [0.1, 0.15) is 21.2 Å². The zero-order valence-corrected chi connectivity index (χ0v) is 61.5. The van der Waals surface area contributed by atoms with Crippen LogP contribution in [0, 0.1) is 45.6 Å². The van der Waals surface area contributed by atoms with Gasteiger partial charge in [0.15, 0.2) is 5.75 Å². The van der Waals surface area contributed by atoms with E-state index in [1.54, 1.807) is 0 Å². The van der Waals surface area contributed by atoms with E-state index in [1.165, 1.54) is 206 Å². The van der Waals surface area contributed by atoms with Gasteiger partial charge in [-0.3, -0.25) is 23.8 Å². The number of rotatable bonds is 44. The molecule has 0 aliphatic carbocycles. The quantitative estimate of drug-likeness (QED) is 0.00670. The first-order valence-electron chi connectivity index (χ1n) is 35.1. The second kappa shape index (κ2) is 48.6. The van der Waals surface area contributed by atoms with Crippen LogP contribution in [0.15, 0.2) is 95.8 Å². The summed E-state index contributed by atoms with van der Waals surface area (Å²) < 4.78 is 100. The number of phenols is 1. The summed E-state index contributed by atoms with van der Waals surface area (Å²) in [5.74, 6) is 4.35. The predicted octanol–water partition coefficient (Wildman–Crippen LogP) is 19.6. The van der Waals surface area contributed by atoms with Crippen LogP contribution in [0.4, 0.5) is 34.1 Å². The molecule has 4 aromatic rings. The lowest BCUT2D eigenvalue weighted by molar-refractivity contribution is -0.384. The normalized spacial score (nSPS) is 13.9. The molecule has 536 valence electrons. The Morgan fingerprint density at radius 3 is 1.06 bits per heavy atom.